The Morgan fingerprint density at radius 1 is 0.947 bits per heavy atom. The second-order valence-corrected chi connectivity index (χ2v) is 4.36. The minimum absolute atomic E-state index is 0.0409. The number of hydrogen-bond acceptors (Lipinski definition) is 2. The molecule has 0 aliphatic heterocycles. The molecule has 2 rings (SSSR count). The average molecular weight is 256 g/mol. The normalized spacial score (nSPS) is 10.0. The maximum Gasteiger partial charge on any atom is 0.323 e. The third-order valence-corrected chi connectivity index (χ3v) is 2.87. The molecule has 0 aromatic heterocycles. The Hall–Kier alpha value is -2.49. The van der Waals surface area contributed by atoms with Crippen molar-refractivity contribution >= 4 is 17.4 Å². The third kappa shape index (κ3) is 3.04. The number of rotatable bonds is 2. The van der Waals surface area contributed by atoms with Gasteiger partial charge in [-0.1, -0.05) is 30.3 Å². The number of benzene rings is 2. The summed E-state index contributed by atoms with van der Waals surface area (Å²) in [5, 5.41) is 15.0. The number of carbonyl (C=O) groups excluding carboxylic acids is 1. The smallest absolute Gasteiger partial charge is 0.323 e. The van der Waals surface area contributed by atoms with Crippen LogP contribution < -0.4 is 10.6 Å². The van der Waals surface area contributed by atoms with Gasteiger partial charge in [-0.25, -0.2) is 4.79 Å². The van der Waals surface area contributed by atoms with E-state index in [2.05, 4.69) is 10.6 Å². The average Bonchev–Trinajstić information content (AvgIpc) is 2.37. The van der Waals surface area contributed by atoms with E-state index >= 15 is 0 Å². The number of aryl methyl sites for hydroxylation is 2. The van der Waals surface area contributed by atoms with E-state index in [1.54, 1.807) is 18.2 Å². The Morgan fingerprint density at radius 2 is 1.58 bits per heavy atom. The van der Waals surface area contributed by atoms with E-state index in [4.69, 9.17) is 0 Å². The highest BCUT2D eigenvalue weighted by Gasteiger charge is 2.08. The van der Waals surface area contributed by atoms with Crippen molar-refractivity contribution in [2.75, 3.05) is 10.6 Å². The van der Waals surface area contributed by atoms with Gasteiger partial charge in [-0.05, 0) is 37.1 Å². The molecule has 4 nitrogen and oxygen atoms in total. The largest absolute Gasteiger partial charge is 0.506 e. The molecule has 0 radical (unpaired) electrons. The molecular formula is C15H16N2O2. The monoisotopic (exact) mass is 256 g/mol. The van der Waals surface area contributed by atoms with Crippen LogP contribution in [-0.2, 0) is 0 Å². The fraction of sp³-hybridized carbons (Fsp3) is 0.133. The number of aromatic hydroxyl groups is 1. The van der Waals surface area contributed by atoms with Gasteiger partial charge in [-0.3, -0.25) is 0 Å². The Balaban J connectivity index is 2.12. The predicted molar refractivity (Wildman–Crippen MR) is 76.7 cm³/mol. The SMILES string of the molecule is Cc1cccc(C)c1NC(=O)Nc1ccccc1O. The summed E-state index contributed by atoms with van der Waals surface area (Å²) in [5.41, 5.74) is 3.15. The fourth-order valence-corrected chi connectivity index (χ4v) is 1.86. The van der Waals surface area contributed by atoms with E-state index in [0.29, 0.717) is 5.69 Å². The Labute approximate surface area is 112 Å². The van der Waals surface area contributed by atoms with Gasteiger partial charge in [0.15, 0.2) is 0 Å². The van der Waals surface area contributed by atoms with E-state index in [1.807, 2.05) is 32.0 Å². The second-order valence-electron chi connectivity index (χ2n) is 4.36. The maximum atomic E-state index is 11.9. The topological polar surface area (TPSA) is 61.4 Å². The highest BCUT2D eigenvalue weighted by molar-refractivity contribution is 6.01. The summed E-state index contributed by atoms with van der Waals surface area (Å²) < 4.78 is 0. The molecule has 0 aliphatic rings. The highest BCUT2D eigenvalue weighted by Crippen LogP contribution is 2.23. The van der Waals surface area contributed by atoms with Crippen LogP contribution in [0.3, 0.4) is 0 Å². The van der Waals surface area contributed by atoms with Crippen LogP contribution in [-0.4, -0.2) is 11.1 Å². The molecule has 19 heavy (non-hydrogen) atoms. The van der Waals surface area contributed by atoms with Gasteiger partial charge in [0.1, 0.15) is 5.75 Å². The molecule has 0 saturated heterocycles. The Kier molecular flexibility index (Phi) is 3.71. The number of nitrogens with one attached hydrogen (secondary N) is 2. The highest BCUT2D eigenvalue weighted by atomic mass is 16.3. The summed E-state index contributed by atoms with van der Waals surface area (Å²) in [6.07, 6.45) is 0. The number of para-hydroxylation sites is 3. The van der Waals surface area contributed by atoms with Crippen LogP contribution in [0.4, 0.5) is 16.2 Å². The molecule has 4 heteroatoms. The zero-order valence-corrected chi connectivity index (χ0v) is 10.9. The number of anilines is 2. The van der Waals surface area contributed by atoms with Gasteiger partial charge in [0.05, 0.1) is 5.69 Å². The van der Waals surface area contributed by atoms with E-state index in [-0.39, 0.29) is 11.8 Å². The molecule has 2 amide bonds. The summed E-state index contributed by atoms with van der Waals surface area (Å²) in [5.74, 6) is 0.0409. The van der Waals surface area contributed by atoms with E-state index in [9.17, 15) is 9.90 Å². The van der Waals surface area contributed by atoms with E-state index in [1.165, 1.54) is 6.07 Å². The summed E-state index contributed by atoms with van der Waals surface area (Å²) in [6.45, 7) is 3.87. The van der Waals surface area contributed by atoms with Crippen molar-refractivity contribution in [2.45, 2.75) is 13.8 Å². The van der Waals surface area contributed by atoms with Gasteiger partial charge >= 0.3 is 6.03 Å². The van der Waals surface area contributed by atoms with Crippen molar-refractivity contribution in [3.63, 3.8) is 0 Å². The van der Waals surface area contributed by atoms with Crippen LogP contribution in [0.2, 0.25) is 0 Å². The van der Waals surface area contributed by atoms with Crippen molar-refractivity contribution in [1.82, 2.24) is 0 Å². The minimum atomic E-state index is -0.376. The number of urea groups is 1. The molecule has 3 N–H and O–H groups in total. The Bertz CT molecular complexity index is 589. The van der Waals surface area contributed by atoms with Gasteiger partial charge in [0, 0.05) is 5.69 Å². The summed E-state index contributed by atoms with van der Waals surface area (Å²) in [6, 6.07) is 12.0. The first-order valence-corrected chi connectivity index (χ1v) is 6.00. The number of amides is 2. The molecular weight excluding hydrogens is 240 g/mol. The first-order valence-electron chi connectivity index (χ1n) is 6.00. The number of phenols is 1. The first-order chi connectivity index (χ1) is 9.08. The van der Waals surface area contributed by atoms with Crippen molar-refractivity contribution in [3.8, 4) is 5.75 Å². The summed E-state index contributed by atoms with van der Waals surface area (Å²) in [7, 11) is 0. The molecule has 0 saturated carbocycles. The van der Waals surface area contributed by atoms with Gasteiger partial charge in [0.2, 0.25) is 0 Å². The van der Waals surface area contributed by atoms with E-state index < -0.39 is 0 Å². The molecule has 2 aromatic carbocycles. The van der Waals surface area contributed by atoms with Crippen LogP contribution in [0.25, 0.3) is 0 Å². The lowest BCUT2D eigenvalue weighted by Crippen LogP contribution is -2.20. The molecule has 2 aromatic rings. The summed E-state index contributed by atoms with van der Waals surface area (Å²) >= 11 is 0. The maximum absolute atomic E-state index is 11.9. The van der Waals surface area contributed by atoms with Crippen molar-refractivity contribution < 1.29 is 9.90 Å². The lowest BCUT2D eigenvalue weighted by Gasteiger charge is -2.12. The molecule has 0 heterocycles. The molecule has 98 valence electrons. The minimum Gasteiger partial charge on any atom is -0.506 e. The van der Waals surface area contributed by atoms with Crippen LogP contribution in [0, 0.1) is 13.8 Å². The molecule has 0 spiro atoms. The zero-order valence-electron chi connectivity index (χ0n) is 10.9. The first kappa shape index (κ1) is 13.0. The van der Waals surface area contributed by atoms with Gasteiger partial charge < -0.3 is 15.7 Å². The number of hydrogen-bond donors (Lipinski definition) is 3. The molecule has 0 aliphatic carbocycles. The quantitative estimate of drug-likeness (QED) is 0.718. The van der Waals surface area contributed by atoms with Crippen molar-refractivity contribution in [3.05, 3.63) is 53.6 Å². The Morgan fingerprint density at radius 3 is 2.21 bits per heavy atom. The van der Waals surface area contributed by atoms with Crippen molar-refractivity contribution in [2.24, 2.45) is 0 Å². The molecule has 0 unspecified atom stereocenters. The molecule has 0 atom stereocenters. The summed E-state index contributed by atoms with van der Waals surface area (Å²) in [4.78, 5) is 11.9. The van der Waals surface area contributed by atoms with Gasteiger partial charge in [-0.2, -0.15) is 0 Å². The standard InChI is InChI=1S/C15H16N2O2/c1-10-6-5-7-11(2)14(10)17-15(19)16-12-8-3-4-9-13(12)18/h3-9,18H,1-2H3,(H2,16,17,19). The zero-order chi connectivity index (χ0) is 13.8. The lowest BCUT2D eigenvalue weighted by molar-refractivity contribution is 0.262. The predicted octanol–water partition coefficient (Wildman–Crippen LogP) is 3.65. The van der Waals surface area contributed by atoms with Crippen LogP contribution in [0.5, 0.6) is 5.75 Å². The van der Waals surface area contributed by atoms with Crippen LogP contribution in [0.15, 0.2) is 42.5 Å². The molecule has 0 fully saturated rings. The number of carbonyl (C=O) groups is 1. The van der Waals surface area contributed by atoms with E-state index in [0.717, 1.165) is 16.8 Å². The van der Waals surface area contributed by atoms with Crippen molar-refractivity contribution in [1.29, 1.82) is 0 Å². The van der Waals surface area contributed by atoms with Crippen LogP contribution >= 0.6 is 0 Å². The number of phenolic OH excluding ortho intramolecular Hbond substituents is 1. The fourth-order valence-electron chi connectivity index (χ4n) is 1.86. The lowest BCUT2D eigenvalue weighted by atomic mass is 10.1. The molecule has 0 bridgehead atoms. The van der Waals surface area contributed by atoms with Gasteiger partial charge in [0.25, 0.3) is 0 Å². The third-order valence-electron chi connectivity index (χ3n) is 2.87. The van der Waals surface area contributed by atoms with Gasteiger partial charge in [-0.15, -0.1) is 0 Å². The van der Waals surface area contributed by atoms with Crippen LogP contribution in [0.1, 0.15) is 11.1 Å². The second kappa shape index (κ2) is 5.44.